The SMILES string of the molecule is Cc1ccccc1SCC(=O)NCCCOc1ccccc1F. The van der Waals surface area contributed by atoms with E-state index < -0.39 is 0 Å². The lowest BCUT2D eigenvalue weighted by molar-refractivity contribution is -0.118. The average Bonchev–Trinajstić information content (AvgIpc) is 2.55. The maximum Gasteiger partial charge on any atom is 0.230 e. The summed E-state index contributed by atoms with van der Waals surface area (Å²) in [5, 5.41) is 2.84. The van der Waals surface area contributed by atoms with E-state index in [0.717, 1.165) is 4.90 Å². The Morgan fingerprint density at radius 1 is 1.17 bits per heavy atom. The number of rotatable bonds is 8. The van der Waals surface area contributed by atoms with Gasteiger partial charge in [0.1, 0.15) is 0 Å². The van der Waals surface area contributed by atoms with Gasteiger partial charge in [0.05, 0.1) is 12.4 Å². The topological polar surface area (TPSA) is 38.3 Å². The summed E-state index contributed by atoms with van der Waals surface area (Å²) < 4.78 is 18.7. The molecule has 0 heterocycles. The molecule has 0 aliphatic carbocycles. The minimum atomic E-state index is -0.369. The number of benzene rings is 2. The number of amides is 1. The number of thioether (sulfide) groups is 1. The van der Waals surface area contributed by atoms with Gasteiger partial charge < -0.3 is 10.1 Å². The van der Waals surface area contributed by atoms with Crippen LogP contribution in [0.1, 0.15) is 12.0 Å². The van der Waals surface area contributed by atoms with Crippen LogP contribution in [0.25, 0.3) is 0 Å². The molecule has 0 saturated heterocycles. The van der Waals surface area contributed by atoms with Crippen LogP contribution in [-0.4, -0.2) is 24.8 Å². The van der Waals surface area contributed by atoms with Crippen molar-refractivity contribution in [3.63, 3.8) is 0 Å². The molecule has 0 saturated carbocycles. The van der Waals surface area contributed by atoms with Gasteiger partial charge in [-0.15, -0.1) is 11.8 Å². The number of nitrogens with one attached hydrogen (secondary N) is 1. The number of halogens is 1. The third-order valence-electron chi connectivity index (χ3n) is 3.19. The van der Waals surface area contributed by atoms with E-state index in [9.17, 15) is 9.18 Å². The summed E-state index contributed by atoms with van der Waals surface area (Å²) >= 11 is 1.52. The van der Waals surface area contributed by atoms with Crippen LogP contribution in [0.5, 0.6) is 5.75 Å². The van der Waals surface area contributed by atoms with Gasteiger partial charge >= 0.3 is 0 Å². The molecule has 3 nitrogen and oxygen atoms in total. The van der Waals surface area contributed by atoms with Crippen molar-refractivity contribution < 1.29 is 13.9 Å². The van der Waals surface area contributed by atoms with Crippen molar-refractivity contribution in [1.29, 1.82) is 0 Å². The molecule has 23 heavy (non-hydrogen) atoms. The van der Waals surface area contributed by atoms with E-state index in [0.29, 0.717) is 25.3 Å². The van der Waals surface area contributed by atoms with Crippen LogP contribution >= 0.6 is 11.8 Å². The molecule has 2 aromatic carbocycles. The van der Waals surface area contributed by atoms with Gasteiger partial charge in [0.15, 0.2) is 11.6 Å². The number of carbonyl (C=O) groups is 1. The third-order valence-corrected chi connectivity index (χ3v) is 4.37. The molecule has 5 heteroatoms. The Hall–Kier alpha value is -2.01. The maximum absolute atomic E-state index is 13.3. The van der Waals surface area contributed by atoms with Gasteiger partial charge in [-0.25, -0.2) is 4.39 Å². The number of hydrogen-bond donors (Lipinski definition) is 1. The minimum Gasteiger partial charge on any atom is -0.490 e. The Kier molecular flexibility index (Phi) is 6.94. The van der Waals surface area contributed by atoms with E-state index in [2.05, 4.69) is 5.32 Å². The Morgan fingerprint density at radius 2 is 1.91 bits per heavy atom. The summed E-state index contributed by atoms with van der Waals surface area (Å²) in [6.07, 6.45) is 0.634. The Labute approximate surface area is 140 Å². The summed E-state index contributed by atoms with van der Waals surface area (Å²) in [5.41, 5.74) is 1.17. The Bertz CT molecular complexity index is 648. The maximum atomic E-state index is 13.3. The molecule has 0 radical (unpaired) electrons. The summed E-state index contributed by atoms with van der Waals surface area (Å²) in [6, 6.07) is 14.3. The molecule has 0 aliphatic heterocycles. The predicted molar refractivity (Wildman–Crippen MR) is 91.4 cm³/mol. The number of aryl methyl sites for hydroxylation is 1. The van der Waals surface area contributed by atoms with Crippen LogP contribution in [0.2, 0.25) is 0 Å². The average molecular weight is 333 g/mol. The van der Waals surface area contributed by atoms with E-state index in [1.807, 2.05) is 31.2 Å². The summed E-state index contributed by atoms with van der Waals surface area (Å²) in [5.74, 6) is 0.253. The van der Waals surface area contributed by atoms with Crippen LogP contribution in [0.4, 0.5) is 4.39 Å². The zero-order valence-corrected chi connectivity index (χ0v) is 13.9. The number of hydrogen-bond acceptors (Lipinski definition) is 3. The fraction of sp³-hybridized carbons (Fsp3) is 0.278. The van der Waals surface area contributed by atoms with Crippen LogP contribution in [0, 0.1) is 12.7 Å². The molecule has 0 unspecified atom stereocenters. The molecule has 0 aromatic heterocycles. The molecular weight excluding hydrogens is 313 g/mol. The zero-order valence-electron chi connectivity index (χ0n) is 13.0. The highest BCUT2D eigenvalue weighted by Gasteiger charge is 2.05. The second kappa shape index (κ2) is 9.20. The number of carbonyl (C=O) groups excluding carboxylic acids is 1. The van der Waals surface area contributed by atoms with Crippen LogP contribution in [0.15, 0.2) is 53.4 Å². The lowest BCUT2D eigenvalue weighted by Crippen LogP contribution is -2.27. The first-order valence-corrected chi connectivity index (χ1v) is 8.48. The van der Waals surface area contributed by atoms with Crippen molar-refractivity contribution in [1.82, 2.24) is 5.32 Å². The van der Waals surface area contributed by atoms with Crippen LogP contribution in [0.3, 0.4) is 0 Å². The van der Waals surface area contributed by atoms with Gasteiger partial charge in [0, 0.05) is 11.4 Å². The van der Waals surface area contributed by atoms with Crippen molar-refractivity contribution in [3.05, 3.63) is 59.9 Å². The summed E-state index contributed by atoms with van der Waals surface area (Å²) in [4.78, 5) is 12.9. The molecule has 0 aliphatic rings. The normalized spacial score (nSPS) is 10.3. The van der Waals surface area contributed by atoms with Crippen molar-refractivity contribution in [2.75, 3.05) is 18.9 Å². The van der Waals surface area contributed by atoms with Crippen LogP contribution < -0.4 is 10.1 Å². The van der Waals surface area contributed by atoms with Gasteiger partial charge in [-0.2, -0.15) is 0 Å². The Balaban J connectivity index is 1.60. The molecule has 0 fully saturated rings. The largest absolute Gasteiger partial charge is 0.490 e. The number of ether oxygens (including phenoxy) is 1. The van der Waals surface area contributed by atoms with E-state index in [-0.39, 0.29) is 17.5 Å². The predicted octanol–water partition coefficient (Wildman–Crippen LogP) is 3.81. The van der Waals surface area contributed by atoms with Gasteiger partial charge in [0.2, 0.25) is 5.91 Å². The second-order valence-corrected chi connectivity index (χ2v) is 6.05. The first kappa shape index (κ1) is 17.3. The van der Waals surface area contributed by atoms with Crippen molar-refractivity contribution >= 4 is 17.7 Å². The molecule has 2 rings (SSSR count). The quantitative estimate of drug-likeness (QED) is 0.590. The van der Waals surface area contributed by atoms with Crippen molar-refractivity contribution in [3.8, 4) is 5.75 Å². The van der Waals surface area contributed by atoms with E-state index >= 15 is 0 Å². The highest BCUT2D eigenvalue weighted by atomic mass is 32.2. The smallest absolute Gasteiger partial charge is 0.230 e. The summed E-state index contributed by atoms with van der Waals surface area (Å²) in [6.45, 7) is 2.91. The van der Waals surface area contributed by atoms with Gasteiger partial charge in [-0.1, -0.05) is 30.3 Å². The van der Waals surface area contributed by atoms with E-state index in [1.165, 1.54) is 23.4 Å². The molecule has 1 amide bonds. The monoisotopic (exact) mass is 333 g/mol. The van der Waals surface area contributed by atoms with Crippen LogP contribution in [-0.2, 0) is 4.79 Å². The molecule has 122 valence electrons. The number of para-hydroxylation sites is 1. The highest BCUT2D eigenvalue weighted by Crippen LogP contribution is 2.21. The third kappa shape index (κ3) is 5.94. The molecule has 0 spiro atoms. The zero-order chi connectivity index (χ0) is 16.5. The minimum absolute atomic E-state index is 0.0101. The highest BCUT2D eigenvalue weighted by molar-refractivity contribution is 8.00. The molecule has 1 N–H and O–H groups in total. The molecular formula is C18H20FNO2S. The lowest BCUT2D eigenvalue weighted by Gasteiger charge is -2.08. The first-order valence-electron chi connectivity index (χ1n) is 7.49. The molecule has 2 aromatic rings. The first-order chi connectivity index (χ1) is 11.2. The van der Waals surface area contributed by atoms with Crippen molar-refractivity contribution in [2.45, 2.75) is 18.2 Å². The standard InChI is InChI=1S/C18H20FNO2S/c1-14-7-2-5-10-17(14)23-13-18(21)20-11-6-12-22-16-9-4-3-8-15(16)19/h2-5,7-10H,6,11-13H2,1H3,(H,20,21). The second-order valence-electron chi connectivity index (χ2n) is 5.04. The fourth-order valence-corrected chi connectivity index (χ4v) is 2.82. The fourth-order valence-electron chi connectivity index (χ4n) is 1.96. The van der Waals surface area contributed by atoms with Gasteiger partial charge in [-0.05, 0) is 37.1 Å². The van der Waals surface area contributed by atoms with Crippen molar-refractivity contribution in [2.24, 2.45) is 0 Å². The van der Waals surface area contributed by atoms with Gasteiger partial charge in [0.25, 0.3) is 0 Å². The summed E-state index contributed by atoms with van der Waals surface area (Å²) in [7, 11) is 0. The Morgan fingerprint density at radius 3 is 2.70 bits per heavy atom. The van der Waals surface area contributed by atoms with Gasteiger partial charge in [-0.3, -0.25) is 4.79 Å². The molecule has 0 bridgehead atoms. The molecule has 0 atom stereocenters. The van der Waals surface area contributed by atoms with E-state index in [1.54, 1.807) is 18.2 Å². The van der Waals surface area contributed by atoms with E-state index in [4.69, 9.17) is 4.74 Å². The lowest BCUT2D eigenvalue weighted by atomic mass is 10.2.